The molecule has 0 saturated heterocycles. The number of benzene rings is 1. The molecule has 0 heterocycles. The summed E-state index contributed by atoms with van der Waals surface area (Å²) in [6.45, 7) is -0.558. The lowest BCUT2D eigenvalue weighted by Gasteiger charge is -2.19. The molecule has 0 aliphatic rings. The molecule has 1 aromatic rings. The number of halogens is 1. The van der Waals surface area contributed by atoms with Crippen LogP contribution in [0.15, 0.2) is 18.2 Å². The van der Waals surface area contributed by atoms with Gasteiger partial charge in [0.2, 0.25) is 0 Å². The molecule has 3 N–H and O–H groups in total. The Kier molecular flexibility index (Phi) is 5.74. The minimum atomic E-state index is -1.22. The van der Waals surface area contributed by atoms with Crippen molar-refractivity contribution in [3.05, 3.63) is 28.8 Å². The van der Waals surface area contributed by atoms with E-state index >= 15 is 0 Å². The third kappa shape index (κ3) is 4.06. The lowest BCUT2D eigenvalue weighted by Crippen LogP contribution is -2.21. The Morgan fingerprint density at radius 3 is 2.67 bits per heavy atom. The van der Waals surface area contributed by atoms with Gasteiger partial charge in [-0.3, -0.25) is 0 Å². The van der Waals surface area contributed by atoms with Crippen LogP contribution in [0.1, 0.15) is 11.7 Å². The number of carbonyl (C=O) groups is 1. The molecular formula is C11H13ClO5S. The average molecular weight is 293 g/mol. The number of aliphatic hydroxyl groups excluding tert-OH is 2. The first-order chi connectivity index (χ1) is 8.45. The number of ether oxygens (including phenoxy) is 1. The van der Waals surface area contributed by atoms with Gasteiger partial charge in [0.1, 0.15) is 11.9 Å². The van der Waals surface area contributed by atoms with Gasteiger partial charge in [0.15, 0.2) is 6.61 Å². The highest BCUT2D eigenvalue weighted by Gasteiger charge is 2.21. The van der Waals surface area contributed by atoms with Crippen molar-refractivity contribution in [2.45, 2.75) is 12.2 Å². The molecule has 0 fully saturated rings. The Morgan fingerprint density at radius 2 is 2.11 bits per heavy atom. The summed E-state index contributed by atoms with van der Waals surface area (Å²) >= 11 is 9.64. The summed E-state index contributed by atoms with van der Waals surface area (Å²) in [5, 5.41) is 28.3. The molecule has 18 heavy (non-hydrogen) atoms. The predicted molar refractivity (Wildman–Crippen MR) is 69.4 cm³/mol. The number of thiol groups is 1. The van der Waals surface area contributed by atoms with Crippen LogP contribution in [-0.2, 0) is 4.79 Å². The largest absolute Gasteiger partial charge is 0.481 e. The van der Waals surface area contributed by atoms with E-state index < -0.39 is 24.8 Å². The van der Waals surface area contributed by atoms with Crippen LogP contribution in [0, 0.1) is 0 Å². The first-order valence-electron chi connectivity index (χ1n) is 5.06. The second-order valence-electron chi connectivity index (χ2n) is 3.56. The summed E-state index contributed by atoms with van der Waals surface area (Å²) in [6.07, 6.45) is -2.30. The van der Waals surface area contributed by atoms with E-state index in [-0.39, 0.29) is 17.1 Å². The maximum atomic E-state index is 10.4. The van der Waals surface area contributed by atoms with Gasteiger partial charge in [0.25, 0.3) is 0 Å². The van der Waals surface area contributed by atoms with E-state index in [4.69, 9.17) is 21.4 Å². The molecule has 0 radical (unpaired) electrons. The van der Waals surface area contributed by atoms with Crippen molar-refractivity contribution in [2.24, 2.45) is 0 Å². The Hall–Kier alpha value is -0.950. The normalized spacial score (nSPS) is 14.0. The number of hydrogen-bond acceptors (Lipinski definition) is 5. The van der Waals surface area contributed by atoms with Gasteiger partial charge in [-0.25, -0.2) is 4.79 Å². The van der Waals surface area contributed by atoms with Crippen LogP contribution >= 0.6 is 24.2 Å². The molecule has 100 valence electrons. The maximum Gasteiger partial charge on any atom is 0.341 e. The van der Waals surface area contributed by atoms with Crippen molar-refractivity contribution >= 4 is 30.2 Å². The topological polar surface area (TPSA) is 87.0 Å². The van der Waals surface area contributed by atoms with Crippen molar-refractivity contribution < 1.29 is 24.9 Å². The molecule has 0 aromatic heterocycles. The lowest BCUT2D eigenvalue weighted by atomic mass is 10.0. The molecule has 0 saturated carbocycles. The molecule has 0 aliphatic carbocycles. The van der Waals surface area contributed by atoms with Crippen LogP contribution in [-0.4, -0.2) is 39.8 Å². The minimum Gasteiger partial charge on any atom is -0.481 e. The summed E-state index contributed by atoms with van der Waals surface area (Å²) in [5.74, 6) is -0.967. The number of carboxylic acids is 1. The molecule has 7 heteroatoms. The summed E-state index contributed by atoms with van der Waals surface area (Å²) in [5.41, 5.74) is 0.266. The van der Waals surface area contributed by atoms with Gasteiger partial charge in [0, 0.05) is 16.3 Å². The standard InChI is InChI=1S/C11H13ClO5S/c12-6-1-2-7(11(16)8(13)5-18)9(3-6)17-4-10(14)15/h1-3,8,11,13,16,18H,4-5H2,(H,14,15). The van der Waals surface area contributed by atoms with Gasteiger partial charge < -0.3 is 20.1 Å². The summed E-state index contributed by atoms with van der Waals surface area (Å²) < 4.78 is 5.02. The fourth-order valence-corrected chi connectivity index (χ4v) is 1.69. The predicted octanol–water partition coefficient (Wildman–Crippen LogP) is 1.13. The summed E-state index contributed by atoms with van der Waals surface area (Å²) in [7, 11) is 0. The first kappa shape index (κ1) is 15.1. The fourth-order valence-electron chi connectivity index (χ4n) is 1.32. The zero-order valence-corrected chi connectivity index (χ0v) is 10.9. The van der Waals surface area contributed by atoms with Gasteiger partial charge in [-0.05, 0) is 12.1 Å². The quantitative estimate of drug-likeness (QED) is 0.591. The zero-order valence-electron chi connectivity index (χ0n) is 9.28. The van der Waals surface area contributed by atoms with Crippen LogP contribution in [0.5, 0.6) is 5.75 Å². The van der Waals surface area contributed by atoms with Gasteiger partial charge in [0.05, 0.1) is 6.10 Å². The van der Waals surface area contributed by atoms with E-state index in [1.165, 1.54) is 18.2 Å². The van der Waals surface area contributed by atoms with Crippen molar-refractivity contribution in [3.8, 4) is 5.75 Å². The smallest absolute Gasteiger partial charge is 0.341 e. The highest BCUT2D eigenvalue weighted by Crippen LogP contribution is 2.30. The van der Waals surface area contributed by atoms with Crippen molar-refractivity contribution in [1.29, 1.82) is 0 Å². The van der Waals surface area contributed by atoms with Gasteiger partial charge in [-0.15, -0.1) is 0 Å². The maximum absolute atomic E-state index is 10.4. The SMILES string of the molecule is O=C(O)COc1cc(Cl)ccc1C(O)C(O)CS. The molecule has 0 bridgehead atoms. The molecule has 0 aliphatic heterocycles. The Morgan fingerprint density at radius 1 is 1.44 bits per heavy atom. The molecular weight excluding hydrogens is 280 g/mol. The van der Waals surface area contributed by atoms with Crippen molar-refractivity contribution in [1.82, 2.24) is 0 Å². The third-order valence-corrected chi connectivity index (χ3v) is 2.81. The average Bonchev–Trinajstić information content (AvgIpc) is 2.34. The van der Waals surface area contributed by atoms with E-state index in [2.05, 4.69) is 12.6 Å². The number of aliphatic hydroxyl groups is 2. The van der Waals surface area contributed by atoms with Gasteiger partial charge >= 0.3 is 5.97 Å². The van der Waals surface area contributed by atoms with Gasteiger partial charge in [-0.1, -0.05) is 17.7 Å². The van der Waals surface area contributed by atoms with Crippen molar-refractivity contribution in [3.63, 3.8) is 0 Å². The first-order valence-corrected chi connectivity index (χ1v) is 6.07. The van der Waals surface area contributed by atoms with E-state index in [0.29, 0.717) is 5.02 Å². The Bertz CT molecular complexity index is 426. The Labute approximate surface area is 114 Å². The second-order valence-corrected chi connectivity index (χ2v) is 4.36. The van der Waals surface area contributed by atoms with Crippen LogP contribution in [0.3, 0.4) is 0 Å². The minimum absolute atomic E-state index is 0.0577. The van der Waals surface area contributed by atoms with Crippen LogP contribution in [0.2, 0.25) is 5.02 Å². The number of aliphatic carboxylic acids is 1. The molecule has 0 amide bonds. The Balaban J connectivity index is 2.98. The molecule has 1 aromatic carbocycles. The molecule has 2 atom stereocenters. The van der Waals surface area contributed by atoms with E-state index in [0.717, 1.165) is 0 Å². The number of hydrogen-bond donors (Lipinski definition) is 4. The van der Waals surface area contributed by atoms with Crippen LogP contribution < -0.4 is 4.74 Å². The lowest BCUT2D eigenvalue weighted by molar-refractivity contribution is -0.139. The van der Waals surface area contributed by atoms with Crippen LogP contribution in [0.25, 0.3) is 0 Å². The summed E-state index contributed by atoms with van der Waals surface area (Å²) in [6, 6.07) is 4.37. The van der Waals surface area contributed by atoms with E-state index in [9.17, 15) is 15.0 Å². The monoisotopic (exact) mass is 292 g/mol. The fraction of sp³-hybridized carbons (Fsp3) is 0.364. The molecule has 0 spiro atoms. The zero-order chi connectivity index (χ0) is 13.7. The number of rotatable bonds is 6. The molecule has 5 nitrogen and oxygen atoms in total. The molecule has 2 unspecified atom stereocenters. The third-order valence-electron chi connectivity index (χ3n) is 2.20. The highest BCUT2D eigenvalue weighted by molar-refractivity contribution is 7.80. The van der Waals surface area contributed by atoms with Crippen molar-refractivity contribution in [2.75, 3.05) is 12.4 Å². The summed E-state index contributed by atoms with van der Waals surface area (Å²) in [4.78, 5) is 10.4. The van der Waals surface area contributed by atoms with E-state index in [1.54, 1.807) is 0 Å². The number of carboxylic acid groups (broad SMARTS) is 1. The van der Waals surface area contributed by atoms with E-state index in [1.807, 2.05) is 0 Å². The highest BCUT2D eigenvalue weighted by atomic mass is 35.5. The van der Waals surface area contributed by atoms with Gasteiger partial charge in [-0.2, -0.15) is 12.6 Å². The second kappa shape index (κ2) is 6.84. The van der Waals surface area contributed by atoms with Crippen LogP contribution in [0.4, 0.5) is 0 Å². The molecule has 1 rings (SSSR count).